The van der Waals surface area contributed by atoms with Crippen molar-refractivity contribution in [3.05, 3.63) is 58.6 Å². The first kappa shape index (κ1) is 14.0. The Morgan fingerprint density at radius 1 is 1.26 bits per heavy atom. The molecule has 4 heteroatoms. The van der Waals surface area contributed by atoms with E-state index >= 15 is 0 Å². The van der Waals surface area contributed by atoms with Crippen molar-refractivity contribution in [3.63, 3.8) is 0 Å². The Labute approximate surface area is 119 Å². The molecule has 0 bridgehead atoms. The van der Waals surface area contributed by atoms with Gasteiger partial charge in [-0.05, 0) is 44.7 Å². The highest BCUT2D eigenvalue weighted by molar-refractivity contribution is 6.30. The van der Waals surface area contributed by atoms with Crippen LogP contribution < -0.4 is 0 Å². The molecule has 0 aliphatic rings. The molecule has 0 radical (unpaired) electrons. The zero-order valence-corrected chi connectivity index (χ0v) is 12.2. The SMILES string of the molecule is Cc1cccnc1CN(C)C(C)c1ccc(Cl)cn1. The van der Waals surface area contributed by atoms with Gasteiger partial charge in [-0.2, -0.15) is 0 Å². The highest BCUT2D eigenvalue weighted by Gasteiger charge is 2.14. The molecular weight excluding hydrogens is 258 g/mol. The van der Waals surface area contributed by atoms with Crippen LogP contribution in [0.3, 0.4) is 0 Å². The molecule has 0 saturated heterocycles. The van der Waals surface area contributed by atoms with Crippen molar-refractivity contribution in [2.24, 2.45) is 0 Å². The molecule has 0 N–H and O–H groups in total. The van der Waals surface area contributed by atoms with Gasteiger partial charge in [-0.15, -0.1) is 0 Å². The summed E-state index contributed by atoms with van der Waals surface area (Å²) >= 11 is 5.86. The lowest BCUT2D eigenvalue weighted by Crippen LogP contribution is -2.23. The molecule has 0 aromatic carbocycles. The number of nitrogens with zero attached hydrogens (tertiary/aromatic N) is 3. The fourth-order valence-electron chi connectivity index (χ4n) is 1.92. The number of aromatic nitrogens is 2. The number of rotatable bonds is 4. The maximum absolute atomic E-state index is 5.86. The van der Waals surface area contributed by atoms with E-state index < -0.39 is 0 Å². The van der Waals surface area contributed by atoms with E-state index in [1.165, 1.54) is 5.56 Å². The van der Waals surface area contributed by atoms with E-state index in [1.807, 2.05) is 24.4 Å². The van der Waals surface area contributed by atoms with Crippen LogP contribution in [-0.2, 0) is 6.54 Å². The van der Waals surface area contributed by atoms with Crippen LogP contribution >= 0.6 is 11.6 Å². The summed E-state index contributed by atoms with van der Waals surface area (Å²) in [7, 11) is 2.08. The average molecular weight is 276 g/mol. The first-order valence-corrected chi connectivity index (χ1v) is 6.68. The van der Waals surface area contributed by atoms with Crippen LogP contribution in [0, 0.1) is 6.92 Å². The zero-order chi connectivity index (χ0) is 13.8. The van der Waals surface area contributed by atoms with Crippen LogP contribution in [0.15, 0.2) is 36.7 Å². The minimum absolute atomic E-state index is 0.221. The number of halogens is 1. The van der Waals surface area contributed by atoms with Crippen LogP contribution in [0.4, 0.5) is 0 Å². The summed E-state index contributed by atoms with van der Waals surface area (Å²) < 4.78 is 0. The van der Waals surface area contributed by atoms with Gasteiger partial charge in [-0.25, -0.2) is 0 Å². The van der Waals surface area contributed by atoms with Gasteiger partial charge in [0, 0.05) is 25.0 Å². The molecule has 19 heavy (non-hydrogen) atoms. The van der Waals surface area contributed by atoms with Gasteiger partial charge >= 0.3 is 0 Å². The molecule has 3 nitrogen and oxygen atoms in total. The lowest BCUT2D eigenvalue weighted by Gasteiger charge is -2.24. The van der Waals surface area contributed by atoms with Gasteiger partial charge in [0.15, 0.2) is 0 Å². The van der Waals surface area contributed by atoms with Gasteiger partial charge in [-0.3, -0.25) is 14.9 Å². The van der Waals surface area contributed by atoms with E-state index in [0.29, 0.717) is 5.02 Å². The first-order valence-electron chi connectivity index (χ1n) is 6.30. The van der Waals surface area contributed by atoms with Crippen LogP contribution in [0.5, 0.6) is 0 Å². The third kappa shape index (κ3) is 3.52. The Balaban J connectivity index is 2.09. The molecule has 2 aromatic heterocycles. The van der Waals surface area contributed by atoms with Crippen LogP contribution in [0.25, 0.3) is 0 Å². The Hall–Kier alpha value is -1.45. The molecule has 0 saturated carbocycles. The standard InChI is InChI=1S/C15H18ClN3/c1-11-5-4-8-17-15(11)10-19(3)12(2)14-7-6-13(16)9-18-14/h4-9,12H,10H2,1-3H3. The van der Waals surface area contributed by atoms with Gasteiger partial charge in [0.25, 0.3) is 0 Å². The molecule has 2 heterocycles. The summed E-state index contributed by atoms with van der Waals surface area (Å²) in [5.74, 6) is 0. The second-order valence-electron chi connectivity index (χ2n) is 4.76. The van der Waals surface area contributed by atoms with Gasteiger partial charge in [0.1, 0.15) is 0 Å². The quantitative estimate of drug-likeness (QED) is 0.853. The number of aryl methyl sites for hydroxylation is 1. The highest BCUT2D eigenvalue weighted by atomic mass is 35.5. The topological polar surface area (TPSA) is 29.0 Å². The summed E-state index contributed by atoms with van der Waals surface area (Å²) in [5, 5.41) is 0.666. The van der Waals surface area contributed by atoms with Crippen molar-refractivity contribution in [1.82, 2.24) is 14.9 Å². The van der Waals surface area contributed by atoms with Crippen LogP contribution in [0.1, 0.15) is 29.9 Å². The van der Waals surface area contributed by atoms with Gasteiger partial charge < -0.3 is 0 Å². The molecule has 0 spiro atoms. The first-order chi connectivity index (χ1) is 9.08. The molecule has 0 aliphatic carbocycles. The van der Waals surface area contributed by atoms with Crippen LogP contribution in [-0.4, -0.2) is 21.9 Å². The summed E-state index contributed by atoms with van der Waals surface area (Å²) in [6.45, 7) is 5.02. The van der Waals surface area contributed by atoms with E-state index in [4.69, 9.17) is 11.6 Å². The van der Waals surface area contributed by atoms with Crippen molar-refractivity contribution in [2.75, 3.05) is 7.05 Å². The molecule has 1 unspecified atom stereocenters. The predicted molar refractivity (Wildman–Crippen MR) is 78.1 cm³/mol. The second kappa shape index (κ2) is 6.13. The molecule has 1 atom stereocenters. The number of pyridine rings is 2. The van der Waals surface area contributed by atoms with Gasteiger partial charge in [-0.1, -0.05) is 17.7 Å². The minimum Gasteiger partial charge on any atom is -0.292 e. The fraction of sp³-hybridized carbons (Fsp3) is 0.333. The Kier molecular flexibility index (Phi) is 4.51. The van der Waals surface area contributed by atoms with Crippen molar-refractivity contribution in [1.29, 1.82) is 0 Å². The van der Waals surface area contributed by atoms with E-state index in [9.17, 15) is 0 Å². The smallest absolute Gasteiger partial charge is 0.0589 e. The minimum atomic E-state index is 0.221. The Bertz CT molecular complexity index is 539. The summed E-state index contributed by atoms with van der Waals surface area (Å²) in [5.41, 5.74) is 3.33. The van der Waals surface area contributed by atoms with Crippen molar-refractivity contribution in [2.45, 2.75) is 26.4 Å². The predicted octanol–water partition coefficient (Wildman–Crippen LogP) is 3.63. The maximum atomic E-state index is 5.86. The number of hydrogen-bond donors (Lipinski definition) is 0. The molecule has 0 amide bonds. The van der Waals surface area contributed by atoms with Crippen molar-refractivity contribution < 1.29 is 0 Å². The Morgan fingerprint density at radius 2 is 2.05 bits per heavy atom. The normalized spacial score (nSPS) is 12.7. The van der Waals surface area contributed by atoms with E-state index in [1.54, 1.807) is 6.20 Å². The zero-order valence-electron chi connectivity index (χ0n) is 11.5. The van der Waals surface area contributed by atoms with E-state index in [0.717, 1.165) is 17.9 Å². The molecule has 2 aromatic rings. The number of hydrogen-bond acceptors (Lipinski definition) is 3. The summed E-state index contributed by atoms with van der Waals surface area (Å²) in [4.78, 5) is 11.0. The lowest BCUT2D eigenvalue weighted by atomic mass is 10.1. The maximum Gasteiger partial charge on any atom is 0.0589 e. The van der Waals surface area contributed by atoms with Gasteiger partial charge in [0.2, 0.25) is 0 Å². The van der Waals surface area contributed by atoms with E-state index in [2.05, 4.69) is 41.8 Å². The second-order valence-corrected chi connectivity index (χ2v) is 5.20. The third-order valence-electron chi connectivity index (χ3n) is 3.36. The van der Waals surface area contributed by atoms with Gasteiger partial charge in [0.05, 0.1) is 16.4 Å². The largest absolute Gasteiger partial charge is 0.292 e. The van der Waals surface area contributed by atoms with Crippen LogP contribution in [0.2, 0.25) is 5.02 Å². The fourth-order valence-corrected chi connectivity index (χ4v) is 2.03. The molecular formula is C15H18ClN3. The monoisotopic (exact) mass is 275 g/mol. The molecule has 100 valence electrons. The average Bonchev–Trinajstić information content (AvgIpc) is 2.41. The lowest BCUT2D eigenvalue weighted by molar-refractivity contribution is 0.245. The molecule has 0 fully saturated rings. The van der Waals surface area contributed by atoms with Crippen molar-refractivity contribution in [3.8, 4) is 0 Å². The summed E-state index contributed by atoms with van der Waals surface area (Å²) in [6, 6.07) is 8.11. The molecule has 0 aliphatic heterocycles. The van der Waals surface area contributed by atoms with E-state index in [-0.39, 0.29) is 6.04 Å². The van der Waals surface area contributed by atoms with Crippen molar-refractivity contribution >= 4 is 11.6 Å². The Morgan fingerprint density at radius 3 is 2.68 bits per heavy atom. The summed E-state index contributed by atoms with van der Waals surface area (Å²) in [6.07, 6.45) is 3.52. The molecule has 2 rings (SSSR count). The third-order valence-corrected chi connectivity index (χ3v) is 3.58. The highest BCUT2D eigenvalue weighted by Crippen LogP contribution is 2.20.